The highest BCUT2D eigenvalue weighted by Crippen LogP contribution is 2.38. The van der Waals surface area contributed by atoms with Gasteiger partial charge in [0.1, 0.15) is 0 Å². The summed E-state index contributed by atoms with van der Waals surface area (Å²) in [6.07, 6.45) is 0. The maximum Gasteiger partial charge on any atom is 0.220 e. The van der Waals surface area contributed by atoms with Crippen LogP contribution in [0.4, 0.5) is 0 Å². The van der Waals surface area contributed by atoms with Gasteiger partial charge in [-0.2, -0.15) is 0 Å². The highest BCUT2D eigenvalue weighted by molar-refractivity contribution is 5.53. The molecular formula is C28H30O4. The number of hydrogen-bond acceptors (Lipinski definition) is 4. The number of benzene rings is 1. The fourth-order valence-electron chi connectivity index (χ4n) is 3.82. The van der Waals surface area contributed by atoms with Gasteiger partial charge in [0, 0.05) is 17.0 Å². The summed E-state index contributed by atoms with van der Waals surface area (Å²) in [5.74, 6) is -1.26. The van der Waals surface area contributed by atoms with Crippen LogP contribution in [0.2, 0.25) is 0 Å². The summed E-state index contributed by atoms with van der Waals surface area (Å²) in [4.78, 5) is 25.5. The van der Waals surface area contributed by atoms with Gasteiger partial charge in [0.05, 0.1) is 0 Å². The molecule has 0 saturated heterocycles. The smallest absolute Gasteiger partial charge is 0.220 e. The molecule has 2 N–H and O–H groups in total. The normalized spacial score (nSPS) is 11.4. The zero-order chi connectivity index (χ0) is 23.6. The molecule has 0 amide bonds. The van der Waals surface area contributed by atoms with Crippen molar-refractivity contribution in [1.29, 1.82) is 0 Å². The lowest BCUT2D eigenvalue weighted by atomic mass is 9.85. The van der Waals surface area contributed by atoms with Crippen molar-refractivity contribution in [2.75, 3.05) is 0 Å². The maximum absolute atomic E-state index is 12.8. The van der Waals surface area contributed by atoms with Crippen LogP contribution in [0.15, 0.2) is 70.3 Å². The van der Waals surface area contributed by atoms with E-state index < -0.39 is 16.8 Å². The van der Waals surface area contributed by atoms with E-state index in [0.717, 1.165) is 22.3 Å². The number of aromatic hydroxyl groups is 2. The molecule has 0 aromatic heterocycles. The molecule has 166 valence electrons. The monoisotopic (exact) mass is 430 g/mol. The Balaban J connectivity index is 2.40. The van der Waals surface area contributed by atoms with Crippen LogP contribution in [0.3, 0.4) is 0 Å². The average Bonchev–Trinajstić information content (AvgIpc) is 2.98. The van der Waals surface area contributed by atoms with E-state index >= 15 is 0 Å². The van der Waals surface area contributed by atoms with Gasteiger partial charge in [-0.3, -0.25) is 9.59 Å². The van der Waals surface area contributed by atoms with Crippen LogP contribution in [0.1, 0.15) is 78.8 Å². The fraction of sp³-hybridized carbons (Fsp3) is 0.286. The van der Waals surface area contributed by atoms with E-state index in [1.165, 1.54) is 12.1 Å². The summed E-state index contributed by atoms with van der Waals surface area (Å²) >= 11 is 0. The molecule has 4 heteroatoms. The minimum absolute atomic E-state index is 0.102. The second kappa shape index (κ2) is 9.39. The molecule has 0 spiro atoms. The third kappa shape index (κ3) is 4.75. The Labute approximate surface area is 188 Å². The molecule has 0 fully saturated rings. The second-order valence-electron chi connectivity index (χ2n) is 8.94. The van der Waals surface area contributed by atoms with E-state index in [0.29, 0.717) is 11.1 Å². The first-order valence-corrected chi connectivity index (χ1v) is 10.9. The van der Waals surface area contributed by atoms with Gasteiger partial charge in [-0.25, -0.2) is 0 Å². The minimum Gasteiger partial charge on any atom is -0.504 e. The number of rotatable bonds is 5. The minimum atomic E-state index is -0.698. The molecule has 32 heavy (non-hydrogen) atoms. The summed E-state index contributed by atoms with van der Waals surface area (Å²) in [5.41, 5.74) is 3.12. The van der Waals surface area contributed by atoms with Crippen molar-refractivity contribution in [2.24, 2.45) is 0 Å². The van der Waals surface area contributed by atoms with Gasteiger partial charge in [0.25, 0.3) is 0 Å². The quantitative estimate of drug-likeness (QED) is 0.556. The third-order valence-corrected chi connectivity index (χ3v) is 5.89. The standard InChI is InChI=1S/C28H30O4/c1-16(2)20-10-12-22(27(31)24(29)14-20)26(19-8-6-18(5)7-9-19)23-13-11-21(17(3)4)15-25(30)28(23)32/h6-17,26H,1-5H3,(H,29,31)(H,30,32). The van der Waals surface area contributed by atoms with Crippen LogP contribution in [-0.2, 0) is 0 Å². The van der Waals surface area contributed by atoms with Crippen LogP contribution >= 0.6 is 0 Å². The predicted octanol–water partition coefficient (Wildman–Crippen LogP) is 5.55. The van der Waals surface area contributed by atoms with E-state index in [2.05, 4.69) is 0 Å². The van der Waals surface area contributed by atoms with Gasteiger partial charge in [0.2, 0.25) is 10.9 Å². The first-order chi connectivity index (χ1) is 15.1. The fourth-order valence-corrected chi connectivity index (χ4v) is 3.82. The highest BCUT2D eigenvalue weighted by atomic mass is 16.3. The van der Waals surface area contributed by atoms with Crippen molar-refractivity contribution in [1.82, 2.24) is 0 Å². The third-order valence-electron chi connectivity index (χ3n) is 5.89. The molecular weight excluding hydrogens is 400 g/mol. The first kappa shape index (κ1) is 23.3. The number of aryl methyl sites for hydroxylation is 1. The molecule has 0 aliphatic carbocycles. The number of hydrogen-bond donors (Lipinski definition) is 2. The molecule has 0 radical (unpaired) electrons. The average molecular weight is 431 g/mol. The van der Waals surface area contributed by atoms with Crippen molar-refractivity contribution in [3.63, 3.8) is 0 Å². The Hall–Kier alpha value is -3.40. The summed E-state index contributed by atoms with van der Waals surface area (Å²) < 4.78 is 0. The van der Waals surface area contributed by atoms with E-state index in [9.17, 15) is 19.8 Å². The summed E-state index contributed by atoms with van der Waals surface area (Å²) in [7, 11) is 0. The molecule has 4 nitrogen and oxygen atoms in total. The lowest BCUT2D eigenvalue weighted by molar-refractivity contribution is 0.454. The maximum atomic E-state index is 12.8. The summed E-state index contributed by atoms with van der Waals surface area (Å²) in [5, 5.41) is 21.8. The molecule has 0 saturated carbocycles. The van der Waals surface area contributed by atoms with Crippen molar-refractivity contribution in [2.45, 2.75) is 52.4 Å². The van der Waals surface area contributed by atoms with E-state index in [1.54, 1.807) is 12.1 Å². The van der Waals surface area contributed by atoms with Crippen molar-refractivity contribution in [3.8, 4) is 11.5 Å². The van der Waals surface area contributed by atoms with Crippen LogP contribution in [0.25, 0.3) is 0 Å². The second-order valence-corrected chi connectivity index (χ2v) is 8.94. The molecule has 0 aliphatic heterocycles. The van der Waals surface area contributed by atoms with Gasteiger partial charge in [-0.1, -0.05) is 81.8 Å². The van der Waals surface area contributed by atoms with Crippen molar-refractivity contribution < 1.29 is 10.2 Å². The molecule has 0 atom stereocenters. The Morgan fingerprint density at radius 1 is 0.594 bits per heavy atom. The van der Waals surface area contributed by atoms with Gasteiger partial charge in [-0.15, -0.1) is 0 Å². The van der Waals surface area contributed by atoms with E-state index in [1.807, 2.05) is 71.0 Å². The SMILES string of the molecule is Cc1ccc(C(c2ccc(C(C)C)cc(=O)c2O)c2ccc(C(C)C)cc(=O)c2O)cc1. The first-order valence-electron chi connectivity index (χ1n) is 10.9. The molecule has 3 rings (SSSR count). The summed E-state index contributed by atoms with van der Waals surface area (Å²) in [6, 6.07) is 17.6. The summed E-state index contributed by atoms with van der Waals surface area (Å²) in [6.45, 7) is 9.87. The largest absolute Gasteiger partial charge is 0.504 e. The van der Waals surface area contributed by atoms with Gasteiger partial charge >= 0.3 is 0 Å². The zero-order valence-corrected chi connectivity index (χ0v) is 19.2. The Morgan fingerprint density at radius 3 is 1.34 bits per heavy atom. The van der Waals surface area contributed by atoms with Gasteiger partial charge < -0.3 is 10.2 Å². The van der Waals surface area contributed by atoms with Crippen LogP contribution in [0.5, 0.6) is 11.5 Å². The van der Waals surface area contributed by atoms with Crippen LogP contribution in [-0.4, -0.2) is 10.2 Å². The zero-order valence-electron chi connectivity index (χ0n) is 19.2. The van der Waals surface area contributed by atoms with Crippen LogP contribution < -0.4 is 10.9 Å². The highest BCUT2D eigenvalue weighted by Gasteiger charge is 2.25. The van der Waals surface area contributed by atoms with E-state index in [-0.39, 0.29) is 23.3 Å². The Kier molecular flexibility index (Phi) is 6.83. The van der Waals surface area contributed by atoms with Crippen LogP contribution in [0, 0.1) is 6.92 Å². The Morgan fingerprint density at radius 2 is 0.969 bits per heavy atom. The molecule has 3 aromatic rings. The van der Waals surface area contributed by atoms with Crippen molar-refractivity contribution in [3.05, 3.63) is 114 Å². The topological polar surface area (TPSA) is 74.6 Å². The van der Waals surface area contributed by atoms with Gasteiger partial charge in [0.15, 0.2) is 11.5 Å². The Bertz CT molecular complexity index is 1160. The molecule has 0 aliphatic rings. The molecule has 3 aromatic carbocycles. The van der Waals surface area contributed by atoms with Crippen molar-refractivity contribution >= 4 is 0 Å². The molecule has 0 bridgehead atoms. The van der Waals surface area contributed by atoms with Gasteiger partial charge in [-0.05, 0) is 47.6 Å². The predicted molar refractivity (Wildman–Crippen MR) is 129 cm³/mol. The molecule has 0 unspecified atom stereocenters. The lowest BCUT2D eigenvalue weighted by Crippen LogP contribution is -2.09. The lowest BCUT2D eigenvalue weighted by Gasteiger charge is -2.19. The van der Waals surface area contributed by atoms with E-state index in [4.69, 9.17) is 0 Å². The molecule has 0 heterocycles.